The molecule has 0 aromatic rings. The van der Waals surface area contributed by atoms with Crippen molar-refractivity contribution in [3.05, 3.63) is 25.3 Å². The van der Waals surface area contributed by atoms with E-state index in [1.54, 1.807) is 12.2 Å². The normalized spacial score (nSPS) is 12.2. The van der Waals surface area contributed by atoms with Gasteiger partial charge in [0.2, 0.25) is 5.91 Å². The molecule has 1 atom stereocenters. The second-order valence-corrected chi connectivity index (χ2v) is 5.16. The second kappa shape index (κ2) is 9.36. The van der Waals surface area contributed by atoms with Gasteiger partial charge in [-0.05, 0) is 25.2 Å². The Morgan fingerprint density at radius 1 is 1.16 bits per heavy atom. The lowest BCUT2D eigenvalue weighted by atomic mass is 9.96. The van der Waals surface area contributed by atoms with E-state index in [4.69, 9.17) is 5.11 Å². The fourth-order valence-corrected chi connectivity index (χ4v) is 1.92. The van der Waals surface area contributed by atoms with E-state index in [9.17, 15) is 9.59 Å². The minimum atomic E-state index is -0.863. The number of carboxylic acid groups (broad SMARTS) is 1. The summed E-state index contributed by atoms with van der Waals surface area (Å²) in [6, 6.07) is 0. The summed E-state index contributed by atoms with van der Waals surface area (Å²) in [4.78, 5) is 23.0. The van der Waals surface area contributed by atoms with Crippen LogP contribution in [0.5, 0.6) is 0 Å². The minimum Gasteiger partial charge on any atom is -0.481 e. The molecule has 2 N–H and O–H groups in total. The van der Waals surface area contributed by atoms with Crippen LogP contribution in [0.25, 0.3) is 0 Å². The molecule has 0 rings (SSSR count). The molecule has 0 aromatic heterocycles. The van der Waals surface area contributed by atoms with Crippen molar-refractivity contribution in [1.82, 2.24) is 5.32 Å². The Morgan fingerprint density at radius 3 is 2.05 bits per heavy atom. The first-order valence-electron chi connectivity index (χ1n) is 6.64. The highest BCUT2D eigenvalue weighted by Gasteiger charge is 2.22. The van der Waals surface area contributed by atoms with Crippen molar-refractivity contribution in [2.45, 2.75) is 33.1 Å². The van der Waals surface area contributed by atoms with Gasteiger partial charge in [0.05, 0.1) is 5.92 Å². The molecule has 0 aliphatic carbocycles. The van der Waals surface area contributed by atoms with Gasteiger partial charge in [0, 0.05) is 12.5 Å². The highest BCUT2D eigenvalue weighted by molar-refractivity contribution is 5.80. The molecule has 0 spiro atoms. The van der Waals surface area contributed by atoms with Gasteiger partial charge in [-0.2, -0.15) is 0 Å². The number of carbonyl (C=O) groups is 2. The lowest BCUT2D eigenvalue weighted by Gasteiger charge is -2.18. The monoisotopic (exact) mass is 267 g/mol. The molecule has 0 saturated heterocycles. The molecular weight excluding hydrogens is 242 g/mol. The topological polar surface area (TPSA) is 66.4 Å². The van der Waals surface area contributed by atoms with Crippen molar-refractivity contribution in [2.24, 2.45) is 17.8 Å². The lowest BCUT2D eigenvalue weighted by Crippen LogP contribution is -2.37. The molecule has 0 aliphatic heterocycles. The van der Waals surface area contributed by atoms with Crippen LogP contribution in [0.2, 0.25) is 0 Å². The molecule has 0 radical (unpaired) electrons. The first kappa shape index (κ1) is 17.4. The maximum absolute atomic E-state index is 11.9. The molecule has 19 heavy (non-hydrogen) atoms. The van der Waals surface area contributed by atoms with E-state index >= 15 is 0 Å². The van der Waals surface area contributed by atoms with Crippen LogP contribution < -0.4 is 5.32 Å². The zero-order valence-corrected chi connectivity index (χ0v) is 11.9. The van der Waals surface area contributed by atoms with Gasteiger partial charge in [-0.25, -0.2) is 0 Å². The van der Waals surface area contributed by atoms with Gasteiger partial charge in [-0.15, -0.1) is 13.2 Å². The number of allylic oxidation sites excluding steroid dienone is 2. The van der Waals surface area contributed by atoms with Crippen LogP contribution in [-0.4, -0.2) is 23.5 Å². The van der Waals surface area contributed by atoms with Crippen molar-refractivity contribution in [2.75, 3.05) is 6.54 Å². The van der Waals surface area contributed by atoms with Crippen LogP contribution in [0.15, 0.2) is 25.3 Å². The Morgan fingerprint density at radius 2 is 1.68 bits per heavy atom. The number of carbonyl (C=O) groups excluding carboxylic acids is 1. The van der Waals surface area contributed by atoms with E-state index in [2.05, 4.69) is 18.5 Å². The largest absolute Gasteiger partial charge is 0.481 e. The summed E-state index contributed by atoms with van der Waals surface area (Å²) in [7, 11) is 0. The van der Waals surface area contributed by atoms with Crippen LogP contribution in [0.3, 0.4) is 0 Å². The van der Waals surface area contributed by atoms with E-state index in [-0.39, 0.29) is 24.3 Å². The average molecular weight is 267 g/mol. The van der Waals surface area contributed by atoms with E-state index in [1.807, 2.05) is 13.8 Å². The molecule has 1 unspecified atom stereocenters. The Hall–Kier alpha value is -1.58. The number of rotatable bonds is 10. The van der Waals surface area contributed by atoms with Crippen LogP contribution in [-0.2, 0) is 9.59 Å². The quantitative estimate of drug-likeness (QED) is 0.598. The Labute approximate surface area is 115 Å². The predicted octanol–water partition coefficient (Wildman–Crippen LogP) is 2.62. The first-order chi connectivity index (χ1) is 8.92. The molecule has 108 valence electrons. The summed E-state index contributed by atoms with van der Waals surface area (Å²) in [6.45, 7) is 11.4. The molecule has 0 heterocycles. The Kier molecular flexibility index (Phi) is 8.58. The standard InChI is InChI=1S/C15H25NO3/c1-5-7-12(8-6-2)14(17)16-10-13(15(18)19)9-11(3)4/h5-6,11-13H,1-2,7-10H2,3-4H3,(H,16,17)(H,18,19). The van der Waals surface area contributed by atoms with Crippen molar-refractivity contribution in [1.29, 1.82) is 0 Å². The summed E-state index contributed by atoms with van der Waals surface area (Å²) in [6.07, 6.45) is 5.08. The van der Waals surface area contributed by atoms with Crippen molar-refractivity contribution < 1.29 is 14.7 Å². The zero-order chi connectivity index (χ0) is 14.8. The third kappa shape index (κ3) is 7.44. The third-order valence-corrected chi connectivity index (χ3v) is 2.90. The van der Waals surface area contributed by atoms with Gasteiger partial charge in [0.15, 0.2) is 0 Å². The molecule has 0 fully saturated rings. The summed E-state index contributed by atoms with van der Waals surface area (Å²) < 4.78 is 0. The highest BCUT2D eigenvalue weighted by Crippen LogP contribution is 2.13. The summed E-state index contributed by atoms with van der Waals surface area (Å²) in [5.41, 5.74) is 0. The summed E-state index contributed by atoms with van der Waals surface area (Å²) in [5.74, 6) is -1.44. The Balaban J connectivity index is 4.39. The molecule has 0 bridgehead atoms. The third-order valence-electron chi connectivity index (χ3n) is 2.90. The van der Waals surface area contributed by atoms with Gasteiger partial charge in [-0.1, -0.05) is 26.0 Å². The number of carboxylic acids is 1. The minimum absolute atomic E-state index is 0.130. The lowest BCUT2D eigenvalue weighted by molar-refractivity contribution is -0.142. The molecule has 0 aromatic carbocycles. The molecule has 4 nitrogen and oxygen atoms in total. The van der Waals surface area contributed by atoms with Gasteiger partial charge < -0.3 is 10.4 Å². The summed E-state index contributed by atoms with van der Waals surface area (Å²) in [5, 5.41) is 11.8. The van der Waals surface area contributed by atoms with Gasteiger partial charge in [-0.3, -0.25) is 9.59 Å². The van der Waals surface area contributed by atoms with E-state index in [1.165, 1.54) is 0 Å². The highest BCUT2D eigenvalue weighted by atomic mass is 16.4. The fraction of sp³-hybridized carbons (Fsp3) is 0.600. The van der Waals surface area contributed by atoms with Gasteiger partial charge in [0.25, 0.3) is 0 Å². The van der Waals surface area contributed by atoms with Gasteiger partial charge in [0.1, 0.15) is 0 Å². The number of amides is 1. The molecule has 1 amide bonds. The van der Waals surface area contributed by atoms with E-state index < -0.39 is 11.9 Å². The maximum Gasteiger partial charge on any atom is 0.308 e. The first-order valence-corrected chi connectivity index (χ1v) is 6.64. The predicted molar refractivity (Wildman–Crippen MR) is 76.7 cm³/mol. The molecule has 4 heteroatoms. The Bertz CT molecular complexity index is 313. The second-order valence-electron chi connectivity index (χ2n) is 5.16. The molecular formula is C15H25NO3. The van der Waals surface area contributed by atoms with E-state index in [0.717, 1.165) is 0 Å². The number of hydrogen-bond donors (Lipinski definition) is 2. The van der Waals surface area contributed by atoms with Crippen molar-refractivity contribution >= 4 is 11.9 Å². The van der Waals surface area contributed by atoms with Crippen LogP contribution in [0.4, 0.5) is 0 Å². The number of aliphatic carboxylic acids is 1. The zero-order valence-electron chi connectivity index (χ0n) is 11.9. The average Bonchev–Trinajstić information content (AvgIpc) is 2.33. The molecule has 0 saturated carbocycles. The smallest absolute Gasteiger partial charge is 0.308 e. The number of hydrogen-bond acceptors (Lipinski definition) is 2. The van der Waals surface area contributed by atoms with Crippen molar-refractivity contribution in [3.8, 4) is 0 Å². The summed E-state index contributed by atoms with van der Waals surface area (Å²) >= 11 is 0. The maximum atomic E-state index is 11.9. The van der Waals surface area contributed by atoms with E-state index in [0.29, 0.717) is 19.3 Å². The van der Waals surface area contributed by atoms with Crippen LogP contribution >= 0.6 is 0 Å². The fourth-order valence-electron chi connectivity index (χ4n) is 1.92. The number of nitrogens with one attached hydrogen (secondary N) is 1. The SMILES string of the molecule is C=CCC(CC=C)C(=O)NCC(CC(C)C)C(=O)O. The van der Waals surface area contributed by atoms with Crippen molar-refractivity contribution in [3.63, 3.8) is 0 Å². The van der Waals surface area contributed by atoms with Crippen LogP contribution in [0.1, 0.15) is 33.1 Å². The van der Waals surface area contributed by atoms with Gasteiger partial charge >= 0.3 is 5.97 Å². The van der Waals surface area contributed by atoms with Crippen LogP contribution in [0, 0.1) is 17.8 Å². The molecule has 0 aliphatic rings.